The highest BCUT2D eigenvalue weighted by Crippen LogP contribution is 2.44. The zero-order valence-corrected chi connectivity index (χ0v) is 19.4. The predicted octanol–water partition coefficient (Wildman–Crippen LogP) is 3.30. The summed E-state index contributed by atoms with van der Waals surface area (Å²) in [6.07, 6.45) is 1.72. The number of benzene rings is 2. The van der Waals surface area contributed by atoms with Crippen LogP contribution in [0.3, 0.4) is 0 Å². The van der Waals surface area contributed by atoms with Crippen LogP contribution in [0.1, 0.15) is 42.7 Å². The second-order valence-electron chi connectivity index (χ2n) is 9.63. The quantitative estimate of drug-likeness (QED) is 0.510. The summed E-state index contributed by atoms with van der Waals surface area (Å²) in [6.45, 7) is 0.816. The standard InChI is InChI=1S/C27H30N2O6/c30-25(29-23(26(31)32)13-16-9-10-16)24-17(11-12-34-24)14-28-27(33)35-15-22-20-7-3-1-5-18(20)19-6-2-4-8-21(19)22/h1-8,16-17,22-24H,9-15H2,(H,28,33)(H,29,30)(H,31,32)/t17-,23?,24-/m0/s1. The fourth-order valence-corrected chi connectivity index (χ4v) is 5.16. The molecule has 2 amide bonds. The van der Waals surface area contributed by atoms with Crippen molar-refractivity contribution in [1.82, 2.24) is 10.6 Å². The minimum Gasteiger partial charge on any atom is -0.480 e. The monoisotopic (exact) mass is 478 g/mol. The van der Waals surface area contributed by atoms with Crippen LogP contribution < -0.4 is 10.6 Å². The van der Waals surface area contributed by atoms with Crippen LogP contribution in [0.5, 0.6) is 0 Å². The highest BCUT2D eigenvalue weighted by Gasteiger charge is 2.38. The van der Waals surface area contributed by atoms with Crippen LogP contribution >= 0.6 is 0 Å². The summed E-state index contributed by atoms with van der Waals surface area (Å²) in [6, 6.07) is 15.4. The summed E-state index contributed by atoms with van der Waals surface area (Å²) < 4.78 is 11.2. The minimum atomic E-state index is -1.03. The van der Waals surface area contributed by atoms with Gasteiger partial charge >= 0.3 is 12.1 Å². The van der Waals surface area contributed by atoms with Crippen LogP contribution in [-0.4, -0.2) is 55.0 Å². The molecule has 1 saturated heterocycles. The molecule has 0 aromatic heterocycles. The van der Waals surface area contributed by atoms with Gasteiger partial charge in [0, 0.05) is 25.0 Å². The predicted molar refractivity (Wildman–Crippen MR) is 128 cm³/mol. The first-order chi connectivity index (χ1) is 17.0. The van der Waals surface area contributed by atoms with Gasteiger partial charge < -0.3 is 25.2 Å². The SMILES string of the molecule is O=C(NC[C@@H]1CCO[C@@H]1C(=O)NC(CC1CC1)C(=O)O)OCC1c2ccccc2-c2ccccc21. The highest BCUT2D eigenvalue weighted by molar-refractivity contribution is 5.87. The number of rotatable bonds is 9. The molecule has 3 atom stereocenters. The van der Waals surface area contributed by atoms with Crippen molar-refractivity contribution in [1.29, 1.82) is 0 Å². The number of alkyl carbamates (subject to hydrolysis) is 1. The van der Waals surface area contributed by atoms with E-state index in [2.05, 4.69) is 34.9 Å². The Hall–Kier alpha value is -3.39. The number of fused-ring (bicyclic) bond motifs is 3. The molecular formula is C27H30N2O6. The Morgan fingerprint density at radius 2 is 1.66 bits per heavy atom. The maximum absolute atomic E-state index is 12.7. The molecule has 2 fully saturated rings. The van der Waals surface area contributed by atoms with Crippen molar-refractivity contribution < 1.29 is 29.0 Å². The van der Waals surface area contributed by atoms with Crippen LogP contribution in [-0.2, 0) is 19.1 Å². The van der Waals surface area contributed by atoms with Gasteiger partial charge in [-0.05, 0) is 41.0 Å². The molecular weight excluding hydrogens is 448 g/mol. The number of amides is 2. The van der Waals surface area contributed by atoms with Crippen LogP contribution in [0, 0.1) is 11.8 Å². The Bertz CT molecular complexity index is 1070. The van der Waals surface area contributed by atoms with E-state index < -0.39 is 30.1 Å². The zero-order chi connectivity index (χ0) is 24.4. The molecule has 1 unspecified atom stereocenters. The van der Waals surface area contributed by atoms with Gasteiger partial charge in [-0.3, -0.25) is 4.79 Å². The maximum atomic E-state index is 12.7. The molecule has 0 spiro atoms. The third-order valence-electron chi connectivity index (χ3n) is 7.21. The lowest BCUT2D eigenvalue weighted by molar-refractivity contribution is -0.144. The van der Waals surface area contributed by atoms with E-state index in [-0.39, 0.29) is 25.0 Å². The van der Waals surface area contributed by atoms with Gasteiger partial charge in [-0.15, -0.1) is 0 Å². The van der Waals surface area contributed by atoms with Gasteiger partial charge in [0.15, 0.2) is 0 Å². The fourth-order valence-electron chi connectivity index (χ4n) is 5.16. The second-order valence-corrected chi connectivity index (χ2v) is 9.63. The van der Waals surface area contributed by atoms with Gasteiger partial charge in [-0.1, -0.05) is 61.4 Å². The minimum absolute atomic E-state index is 0.0269. The average molecular weight is 479 g/mol. The smallest absolute Gasteiger partial charge is 0.407 e. The Labute approximate surface area is 204 Å². The summed E-state index contributed by atoms with van der Waals surface area (Å²) in [5.41, 5.74) is 4.61. The van der Waals surface area contributed by atoms with Gasteiger partial charge in [0.1, 0.15) is 18.8 Å². The highest BCUT2D eigenvalue weighted by atomic mass is 16.5. The first kappa shape index (κ1) is 23.4. The molecule has 1 aliphatic heterocycles. The van der Waals surface area contributed by atoms with Gasteiger partial charge in [-0.2, -0.15) is 0 Å². The maximum Gasteiger partial charge on any atom is 0.407 e. The molecule has 5 rings (SSSR count). The van der Waals surface area contributed by atoms with E-state index in [1.165, 1.54) is 0 Å². The van der Waals surface area contributed by atoms with Crippen molar-refractivity contribution in [3.8, 4) is 11.1 Å². The third-order valence-corrected chi connectivity index (χ3v) is 7.21. The summed E-state index contributed by atoms with van der Waals surface area (Å²) in [5, 5.41) is 14.8. The van der Waals surface area contributed by atoms with Gasteiger partial charge in [0.05, 0.1) is 0 Å². The first-order valence-electron chi connectivity index (χ1n) is 12.2. The number of aliphatic carboxylic acids is 1. The van der Waals surface area contributed by atoms with Crippen molar-refractivity contribution in [2.75, 3.05) is 19.8 Å². The van der Waals surface area contributed by atoms with E-state index in [0.717, 1.165) is 35.1 Å². The van der Waals surface area contributed by atoms with E-state index in [9.17, 15) is 19.5 Å². The Balaban J connectivity index is 1.13. The molecule has 35 heavy (non-hydrogen) atoms. The van der Waals surface area contributed by atoms with Gasteiger partial charge in [0.2, 0.25) is 5.91 Å². The van der Waals surface area contributed by atoms with Crippen molar-refractivity contribution in [3.05, 3.63) is 59.7 Å². The van der Waals surface area contributed by atoms with Crippen molar-refractivity contribution in [3.63, 3.8) is 0 Å². The molecule has 2 aliphatic carbocycles. The van der Waals surface area contributed by atoms with E-state index in [4.69, 9.17) is 9.47 Å². The Morgan fingerprint density at radius 3 is 2.29 bits per heavy atom. The van der Waals surface area contributed by atoms with Gasteiger partial charge in [0.25, 0.3) is 0 Å². The summed E-state index contributed by atoms with van der Waals surface area (Å²) in [7, 11) is 0. The number of carboxylic acid groups (broad SMARTS) is 1. The molecule has 8 nitrogen and oxygen atoms in total. The Kier molecular flexibility index (Phi) is 6.72. The molecule has 2 aromatic carbocycles. The lowest BCUT2D eigenvalue weighted by Crippen LogP contribution is -2.48. The van der Waals surface area contributed by atoms with E-state index >= 15 is 0 Å². The van der Waals surface area contributed by atoms with E-state index in [1.807, 2.05) is 24.3 Å². The number of ether oxygens (including phenoxy) is 2. The number of carbonyl (C=O) groups is 3. The van der Waals surface area contributed by atoms with Crippen molar-refractivity contribution in [2.45, 2.75) is 43.7 Å². The number of hydrogen-bond acceptors (Lipinski definition) is 5. The summed E-state index contributed by atoms with van der Waals surface area (Å²) >= 11 is 0. The second kappa shape index (κ2) is 10.1. The van der Waals surface area contributed by atoms with E-state index in [0.29, 0.717) is 25.4 Å². The van der Waals surface area contributed by atoms with Crippen LogP contribution in [0.25, 0.3) is 11.1 Å². The third kappa shape index (κ3) is 5.17. The normalized spacial score (nSPS) is 21.6. The molecule has 1 heterocycles. The molecule has 3 aliphatic rings. The van der Waals surface area contributed by atoms with Crippen molar-refractivity contribution >= 4 is 18.0 Å². The number of carbonyl (C=O) groups excluding carboxylic acids is 2. The summed E-state index contributed by atoms with van der Waals surface area (Å²) in [4.78, 5) is 36.7. The van der Waals surface area contributed by atoms with Crippen LogP contribution in [0.15, 0.2) is 48.5 Å². The van der Waals surface area contributed by atoms with Crippen LogP contribution in [0.4, 0.5) is 4.79 Å². The number of carboxylic acids is 1. The first-order valence-corrected chi connectivity index (χ1v) is 12.2. The lowest BCUT2D eigenvalue weighted by atomic mass is 9.98. The molecule has 0 bridgehead atoms. The topological polar surface area (TPSA) is 114 Å². The lowest BCUT2D eigenvalue weighted by Gasteiger charge is -2.21. The molecule has 1 saturated carbocycles. The Morgan fingerprint density at radius 1 is 1.00 bits per heavy atom. The molecule has 3 N–H and O–H groups in total. The van der Waals surface area contributed by atoms with Crippen LogP contribution in [0.2, 0.25) is 0 Å². The largest absolute Gasteiger partial charge is 0.480 e. The molecule has 184 valence electrons. The fraction of sp³-hybridized carbons (Fsp3) is 0.444. The van der Waals surface area contributed by atoms with E-state index in [1.54, 1.807) is 0 Å². The van der Waals surface area contributed by atoms with Crippen molar-refractivity contribution in [2.24, 2.45) is 11.8 Å². The molecule has 8 heteroatoms. The van der Waals surface area contributed by atoms with Gasteiger partial charge in [-0.25, -0.2) is 9.59 Å². The number of hydrogen-bond donors (Lipinski definition) is 3. The molecule has 2 aromatic rings. The molecule has 0 radical (unpaired) electrons. The zero-order valence-electron chi connectivity index (χ0n) is 19.4. The average Bonchev–Trinajstić information content (AvgIpc) is 3.45. The summed E-state index contributed by atoms with van der Waals surface area (Å²) in [5.74, 6) is -1.37. The number of nitrogens with one attached hydrogen (secondary N) is 2.